The number of nitrogens with one attached hydrogen (secondary N) is 1. The van der Waals surface area contributed by atoms with Gasteiger partial charge in [0.2, 0.25) is 0 Å². The second-order valence-electron chi connectivity index (χ2n) is 5.02. The van der Waals surface area contributed by atoms with Crippen LogP contribution in [0.25, 0.3) is 0 Å². The summed E-state index contributed by atoms with van der Waals surface area (Å²) in [6.45, 7) is 2.36. The van der Waals surface area contributed by atoms with E-state index in [0.717, 1.165) is 4.90 Å². The fourth-order valence-corrected chi connectivity index (χ4v) is 2.67. The number of anilines is 1. The first-order valence-corrected chi connectivity index (χ1v) is 7.44. The second-order valence-corrected chi connectivity index (χ2v) is 5.78. The normalized spacial score (nSPS) is 14.2. The molecule has 0 bridgehead atoms. The molecule has 1 aliphatic heterocycles. The van der Waals surface area contributed by atoms with Crippen LogP contribution in [-0.4, -0.2) is 55.1 Å². The van der Waals surface area contributed by atoms with E-state index >= 15 is 0 Å². The van der Waals surface area contributed by atoms with E-state index in [0.29, 0.717) is 12.1 Å². The van der Waals surface area contributed by atoms with Gasteiger partial charge in [0, 0.05) is 20.1 Å². The van der Waals surface area contributed by atoms with Crippen molar-refractivity contribution in [1.82, 2.24) is 9.80 Å². The third-order valence-corrected chi connectivity index (χ3v) is 4.36. The summed E-state index contributed by atoms with van der Waals surface area (Å²) in [6, 6.07) is 0.390. The molecule has 1 aromatic rings. The van der Waals surface area contributed by atoms with Crippen molar-refractivity contribution in [3.63, 3.8) is 0 Å². The van der Waals surface area contributed by atoms with Crippen molar-refractivity contribution >= 4 is 46.9 Å². The van der Waals surface area contributed by atoms with Crippen LogP contribution in [0.15, 0.2) is 6.07 Å². The minimum Gasteiger partial charge on any atom is -0.465 e. The molecule has 2 rings (SSSR count). The largest absolute Gasteiger partial charge is 0.465 e. The van der Waals surface area contributed by atoms with Gasteiger partial charge in [0.15, 0.2) is 0 Å². The van der Waals surface area contributed by atoms with Gasteiger partial charge in [0.25, 0.3) is 0 Å². The first-order valence-electron chi connectivity index (χ1n) is 6.68. The average molecular weight is 360 g/mol. The fraction of sp³-hybridized carbons (Fsp3) is 0.357. The van der Waals surface area contributed by atoms with Gasteiger partial charge in [0.1, 0.15) is 0 Å². The molecule has 23 heavy (non-hydrogen) atoms. The van der Waals surface area contributed by atoms with Gasteiger partial charge in [-0.1, -0.05) is 23.2 Å². The SMILES string of the molecule is COC(=O)c1cc(C)c(Cl)c(NC(=O)N2CCN(C)C2=O)c1Cl. The van der Waals surface area contributed by atoms with Gasteiger partial charge >= 0.3 is 18.0 Å². The molecule has 0 saturated carbocycles. The summed E-state index contributed by atoms with van der Waals surface area (Å²) in [6.07, 6.45) is 0. The first kappa shape index (κ1) is 17.4. The number of hydrogen-bond acceptors (Lipinski definition) is 4. The topological polar surface area (TPSA) is 79.0 Å². The molecule has 4 amide bonds. The molecule has 0 unspecified atom stereocenters. The molecule has 0 radical (unpaired) electrons. The number of halogens is 2. The number of benzene rings is 1. The number of methoxy groups -OCH3 is 1. The number of imide groups is 1. The maximum Gasteiger partial charge on any atom is 0.339 e. The van der Waals surface area contributed by atoms with Crippen molar-refractivity contribution < 1.29 is 19.1 Å². The van der Waals surface area contributed by atoms with Gasteiger partial charge in [-0.3, -0.25) is 0 Å². The molecule has 1 N–H and O–H groups in total. The van der Waals surface area contributed by atoms with Crippen LogP contribution in [0.1, 0.15) is 15.9 Å². The molecule has 0 aromatic heterocycles. The monoisotopic (exact) mass is 359 g/mol. The number of nitrogens with zero attached hydrogens (tertiary/aromatic N) is 2. The van der Waals surface area contributed by atoms with Crippen LogP contribution in [-0.2, 0) is 4.74 Å². The number of likely N-dealkylation sites (N-methyl/N-ethyl adjacent to an activating group) is 1. The zero-order valence-corrected chi connectivity index (χ0v) is 14.3. The van der Waals surface area contributed by atoms with Crippen molar-refractivity contribution in [2.75, 3.05) is 32.6 Å². The number of carbonyl (C=O) groups excluding carboxylic acids is 3. The summed E-state index contributed by atoms with van der Waals surface area (Å²) in [7, 11) is 2.82. The van der Waals surface area contributed by atoms with E-state index < -0.39 is 18.0 Å². The maximum absolute atomic E-state index is 12.3. The third-order valence-electron chi connectivity index (χ3n) is 3.48. The molecule has 0 atom stereocenters. The Kier molecular flexibility index (Phi) is 5.01. The van der Waals surface area contributed by atoms with Crippen molar-refractivity contribution in [2.45, 2.75) is 6.92 Å². The quantitative estimate of drug-likeness (QED) is 0.823. The highest BCUT2D eigenvalue weighted by molar-refractivity contribution is 6.42. The molecule has 0 aliphatic carbocycles. The van der Waals surface area contributed by atoms with Gasteiger partial charge < -0.3 is 15.0 Å². The molecule has 1 aliphatic rings. The minimum absolute atomic E-state index is 0.0409. The number of amides is 4. The minimum atomic E-state index is -0.662. The number of urea groups is 2. The lowest BCUT2D eigenvalue weighted by molar-refractivity contribution is 0.0601. The fourth-order valence-electron chi connectivity index (χ4n) is 2.15. The second kappa shape index (κ2) is 6.64. The van der Waals surface area contributed by atoms with E-state index in [4.69, 9.17) is 23.2 Å². The van der Waals surface area contributed by atoms with E-state index in [-0.39, 0.29) is 27.8 Å². The molecular formula is C14H15Cl2N3O4. The maximum atomic E-state index is 12.3. The number of aryl methyl sites for hydroxylation is 1. The number of carbonyl (C=O) groups is 3. The van der Waals surface area contributed by atoms with Crippen molar-refractivity contribution in [3.05, 3.63) is 27.2 Å². The predicted octanol–water partition coefficient (Wildman–Crippen LogP) is 2.99. The van der Waals surface area contributed by atoms with Gasteiger partial charge in [-0.25, -0.2) is 19.3 Å². The predicted molar refractivity (Wildman–Crippen MR) is 86.3 cm³/mol. The van der Waals surface area contributed by atoms with Crippen LogP contribution in [0.5, 0.6) is 0 Å². The average Bonchev–Trinajstić information content (AvgIpc) is 2.86. The number of hydrogen-bond donors (Lipinski definition) is 1. The summed E-state index contributed by atoms with van der Waals surface area (Å²) >= 11 is 12.3. The Morgan fingerprint density at radius 2 is 1.91 bits per heavy atom. The van der Waals surface area contributed by atoms with Crippen LogP contribution in [0.3, 0.4) is 0 Å². The summed E-state index contributed by atoms with van der Waals surface area (Å²) in [5.74, 6) is -0.651. The van der Waals surface area contributed by atoms with Crippen molar-refractivity contribution in [1.29, 1.82) is 0 Å². The zero-order valence-electron chi connectivity index (χ0n) is 12.8. The Balaban J connectivity index is 2.36. The summed E-state index contributed by atoms with van der Waals surface area (Å²) in [5.41, 5.74) is 0.689. The Labute approximate surface area is 143 Å². The summed E-state index contributed by atoms with van der Waals surface area (Å²) in [5, 5.41) is 2.65. The van der Waals surface area contributed by atoms with E-state index in [2.05, 4.69) is 10.1 Å². The van der Waals surface area contributed by atoms with Crippen LogP contribution in [0.2, 0.25) is 10.0 Å². The Morgan fingerprint density at radius 1 is 1.26 bits per heavy atom. The van der Waals surface area contributed by atoms with Crippen LogP contribution in [0, 0.1) is 6.92 Å². The van der Waals surface area contributed by atoms with E-state index in [1.165, 1.54) is 18.1 Å². The number of rotatable bonds is 2. The Hall–Kier alpha value is -1.99. The molecule has 9 heteroatoms. The lowest BCUT2D eigenvalue weighted by atomic mass is 10.1. The van der Waals surface area contributed by atoms with Crippen LogP contribution >= 0.6 is 23.2 Å². The highest BCUT2D eigenvalue weighted by Gasteiger charge is 2.32. The lowest BCUT2D eigenvalue weighted by Crippen LogP contribution is -2.38. The molecular weight excluding hydrogens is 345 g/mol. The summed E-state index contributed by atoms with van der Waals surface area (Å²) in [4.78, 5) is 38.3. The summed E-state index contributed by atoms with van der Waals surface area (Å²) < 4.78 is 4.65. The lowest BCUT2D eigenvalue weighted by Gasteiger charge is -2.18. The smallest absolute Gasteiger partial charge is 0.339 e. The van der Waals surface area contributed by atoms with Gasteiger partial charge in [0.05, 0.1) is 28.4 Å². The molecule has 7 nitrogen and oxygen atoms in total. The highest BCUT2D eigenvalue weighted by atomic mass is 35.5. The molecule has 1 fully saturated rings. The van der Waals surface area contributed by atoms with Crippen molar-refractivity contribution in [3.8, 4) is 0 Å². The highest BCUT2D eigenvalue weighted by Crippen LogP contribution is 2.36. The zero-order chi connectivity index (χ0) is 17.3. The molecule has 1 saturated heterocycles. The third kappa shape index (κ3) is 3.20. The molecule has 0 spiro atoms. The van der Waals surface area contributed by atoms with Crippen LogP contribution in [0.4, 0.5) is 15.3 Å². The molecule has 1 heterocycles. The number of esters is 1. The first-order chi connectivity index (χ1) is 10.8. The number of ether oxygens (including phenoxy) is 1. The van der Waals surface area contributed by atoms with Crippen molar-refractivity contribution in [2.24, 2.45) is 0 Å². The Bertz CT molecular complexity index is 693. The van der Waals surface area contributed by atoms with Gasteiger partial charge in [-0.2, -0.15) is 0 Å². The van der Waals surface area contributed by atoms with E-state index in [1.807, 2.05) is 0 Å². The standard InChI is InChI=1S/C14H15Cl2N3O4/c1-7-6-8(12(20)23-3)10(16)11(9(7)15)17-13(21)19-5-4-18(2)14(19)22/h6H,4-5H2,1-3H3,(H,17,21). The molecule has 124 valence electrons. The van der Waals surface area contributed by atoms with E-state index in [1.54, 1.807) is 14.0 Å². The van der Waals surface area contributed by atoms with Gasteiger partial charge in [-0.05, 0) is 18.6 Å². The molecule has 1 aromatic carbocycles. The van der Waals surface area contributed by atoms with E-state index in [9.17, 15) is 14.4 Å². The van der Waals surface area contributed by atoms with Crippen LogP contribution < -0.4 is 5.32 Å². The van der Waals surface area contributed by atoms with Gasteiger partial charge in [-0.15, -0.1) is 0 Å². The Morgan fingerprint density at radius 3 is 2.43 bits per heavy atom.